The van der Waals surface area contributed by atoms with Gasteiger partial charge in [0.1, 0.15) is 0 Å². The molecule has 0 amide bonds. The molecule has 0 bridgehead atoms. The van der Waals surface area contributed by atoms with Gasteiger partial charge >= 0.3 is 5.97 Å². The van der Waals surface area contributed by atoms with Gasteiger partial charge in [0, 0.05) is 18.8 Å². The zero-order valence-electron chi connectivity index (χ0n) is 13.7. The zero-order valence-corrected chi connectivity index (χ0v) is 13.7. The lowest BCUT2D eigenvalue weighted by Crippen LogP contribution is -2.22. The van der Waals surface area contributed by atoms with E-state index < -0.39 is 5.97 Å². The average Bonchev–Trinajstić information content (AvgIpc) is 2.60. The lowest BCUT2D eigenvalue weighted by atomic mass is 10.1. The minimum Gasteiger partial charge on any atom is -0.478 e. The number of hydrogen-bond donors (Lipinski definition) is 3. The topological polar surface area (TPSA) is 112 Å². The van der Waals surface area contributed by atoms with Crippen LogP contribution in [-0.2, 0) is 6.54 Å². The first-order chi connectivity index (χ1) is 12.0. The number of fused-ring (bicyclic) bond motifs is 1. The van der Waals surface area contributed by atoms with Crippen LogP contribution in [0.4, 0.5) is 11.6 Å². The number of hydrogen-bond acceptors (Lipinski definition) is 5. The molecule has 0 fully saturated rings. The van der Waals surface area contributed by atoms with Crippen molar-refractivity contribution in [2.45, 2.75) is 13.5 Å². The molecule has 3 rings (SSSR count). The number of H-pyrrole nitrogens is 1. The fourth-order valence-corrected chi connectivity index (χ4v) is 2.72. The molecule has 2 aromatic carbocycles. The highest BCUT2D eigenvalue weighted by atomic mass is 16.4. The van der Waals surface area contributed by atoms with Gasteiger partial charge in [0.25, 0.3) is 5.56 Å². The van der Waals surface area contributed by atoms with Gasteiger partial charge in [0.2, 0.25) is 5.95 Å². The maximum Gasteiger partial charge on any atom is 0.335 e. The van der Waals surface area contributed by atoms with E-state index in [1.165, 1.54) is 0 Å². The molecule has 1 heterocycles. The fourth-order valence-electron chi connectivity index (χ4n) is 2.72. The molecule has 7 heteroatoms. The van der Waals surface area contributed by atoms with Crippen LogP contribution < -0.4 is 16.2 Å². The van der Waals surface area contributed by atoms with Crippen molar-refractivity contribution < 1.29 is 9.90 Å². The van der Waals surface area contributed by atoms with E-state index in [1.54, 1.807) is 36.4 Å². The molecular weight excluding hydrogens is 320 g/mol. The van der Waals surface area contributed by atoms with E-state index in [4.69, 9.17) is 10.8 Å². The van der Waals surface area contributed by atoms with Crippen molar-refractivity contribution in [1.29, 1.82) is 0 Å². The van der Waals surface area contributed by atoms with Gasteiger partial charge in [-0.15, -0.1) is 0 Å². The smallest absolute Gasteiger partial charge is 0.335 e. The number of aromatic carboxylic acids is 1. The summed E-state index contributed by atoms with van der Waals surface area (Å²) in [7, 11) is 0. The van der Waals surface area contributed by atoms with Crippen LogP contribution in [0.1, 0.15) is 22.8 Å². The van der Waals surface area contributed by atoms with Crippen molar-refractivity contribution in [1.82, 2.24) is 9.97 Å². The lowest BCUT2D eigenvalue weighted by molar-refractivity contribution is 0.0697. The van der Waals surface area contributed by atoms with Crippen LogP contribution in [0.15, 0.2) is 47.3 Å². The average molecular weight is 338 g/mol. The fraction of sp³-hybridized carbons (Fsp3) is 0.167. The quantitative estimate of drug-likeness (QED) is 0.657. The summed E-state index contributed by atoms with van der Waals surface area (Å²) in [6, 6.07) is 12.2. The second-order valence-electron chi connectivity index (χ2n) is 5.67. The number of nitrogens with zero attached hydrogens (tertiary/aromatic N) is 2. The molecular formula is C18H18N4O3. The number of aromatic nitrogens is 2. The minimum atomic E-state index is -0.949. The van der Waals surface area contributed by atoms with Crippen LogP contribution in [-0.4, -0.2) is 27.6 Å². The maximum atomic E-state index is 12.0. The van der Waals surface area contributed by atoms with Gasteiger partial charge in [-0.05, 0) is 48.9 Å². The van der Waals surface area contributed by atoms with Crippen LogP contribution in [0.5, 0.6) is 0 Å². The third-order valence-electron chi connectivity index (χ3n) is 4.02. The molecule has 4 N–H and O–H groups in total. The Bertz CT molecular complexity index is 980. The van der Waals surface area contributed by atoms with E-state index in [1.807, 2.05) is 13.0 Å². The third-order valence-corrected chi connectivity index (χ3v) is 4.02. The molecule has 0 spiro atoms. The summed E-state index contributed by atoms with van der Waals surface area (Å²) in [5, 5.41) is 9.48. The van der Waals surface area contributed by atoms with E-state index in [2.05, 4.69) is 14.9 Å². The molecule has 0 atom stereocenters. The molecule has 0 unspecified atom stereocenters. The van der Waals surface area contributed by atoms with Crippen LogP contribution in [0.2, 0.25) is 0 Å². The van der Waals surface area contributed by atoms with Crippen molar-refractivity contribution in [3.05, 3.63) is 63.9 Å². The normalized spacial score (nSPS) is 10.8. The SMILES string of the molecule is CCN(Cc1ccc2nc(N)[nH]c(=O)c2c1)c1ccc(C(=O)O)cc1. The lowest BCUT2D eigenvalue weighted by Gasteiger charge is -2.23. The number of nitrogens with one attached hydrogen (secondary N) is 1. The maximum absolute atomic E-state index is 12.0. The Morgan fingerprint density at radius 2 is 1.96 bits per heavy atom. The second-order valence-corrected chi connectivity index (χ2v) is 5.67. The van der Waals surface area contributed by atoms with Crippen molar-refractivity contribution >= 4 is 28.5 Å². The molecule has 7 nitrogen and oxygen atoms in total. The van der Waals surface area contributed by atoms with Crippen LogP contribution in [0.3, 0.4) is 0 Å². The number of anilines is 2. The number of carbonyl (C=O) groups is 1. The third kappa shape index (κ3) is 3.45. The Labute approximate surface area is 143 Å². The van der Waals surface area contributed by atoms with E-state index in [0.717, 1.165) is 17.8 Å². The number of carboxylic acids is 1. The number of carboxylic acid groups (broad SMARTS) is 1. The van der Waals surface area contributed by atoms with Crippen molar-refractivity contribution in [3.63, 3.8) is 0 Å². The van der Waals surface area contributed by atoms with Gasteiger partial charge in [0.05, 0.1) is 16.5 Å². The van der Waals surface area contributed by atoms with Gasteiger partial charge in [-0.25, -0.2) is 9.78 Å². The summed E-state index contributed by atoms with van der Waals surface area (Å²) in [6.45, 7) is 3.34. The molecule has 3 aromatic rings. The molecule has 0 saturated carbocycles. The molecule has 25 heavy (non-hydrogen) atoms. The highest BCUT2D eigenvalue weighted by molar-refractivity contribution is 5.88. The molecule has 128 valence electrons. The Kier molecular flexibility index (Phi) is 4.38. The molecule has 0 aliphatic heterocycles. The highest BCUT2D eigenvalue weighted by Gasteiger charge is 2.09. The van der Waals surface area contributed by atoms with Crippen LogP contribution in [0.25, 0.3) is 10.9 Å². The highest BCUT2D eigenvalue weighted by Crippen LogP contribution is 2.19. The molecule has 1 aromatic heterocycles. The first kappa shape index (κ1) is 16.5. The number of nitrogens with two attached hydrogens (primary N) is 1. The van der Waals surface area contributed by atoms with E-state index in [-0.39, 0.29) is 17.1 Å². The summed E-state index contributed by atoms with van der Waals surface area (Å²) in [5.74, 6) is -0.853. The summed E-state index contributed by atoms with van der Waals surface area (Å²) < 4.78 is 0. The number of benzene rings is 2. The van der Waals surface area contributed by atoms with E-state index in [0.29, 0.717) is 17.4 Å². The number of rotatable bonds is 5. The standard InChI is InChI=1S/C18H18N4O3/c1-2-22(13-6-4-12(5-7-13)17(24)25)10-11-3-8-15-14(9-11)16(23)21-18(19)20-15/h3-9H,2,10H2,1H3,(H,24,25)(H3,19,20,21,23). The number of nitrogen functional groups attached to an aromatic ring is 1. The van der Waals surface area contributed by atoms with Crippen molar-refractivity contribution in [3.8, 4) is 0 Å². The van der Waals surface area contributed by atoms with Gasteiger partial charge in [-0.1, -0.05) is 6.07 Å². The Morgan fingerprint density at radius 3 is 2.60 bits per heavy atom. The first-order valence-corrected chi connectivity index (χ1v) is 7.84. The van der Waals surface area contributed by atoms with Crippen molar-refractivity contribution in [2.24, 2.45) is 0 Å². The zero-order chi connectivity index (χ0) is 18.0. The monoisotopic (exact) mass is 338 g/mol. The minimum absolute atomic E-state index is 0.0963. The Hall–Kier alpha value is -3.35. The van der Waals surface area contributed by atoms with Gasteiger partial charge in [-0.2, -0.15) is 0 Å². The largest absolute Gasteiger partial charge is 0.478 e. The second kappa shape index (κ2) is 6.64. The summed E-state index contributed by atoms with van der Waals surface area (Å²) in [4.78, 5) is 31.7. The number of aromatic amines is 1. The summed E-state index contributed by atoms with van der Waals surface area (Å²) in [5.41, 5.74) is 7.96. The predicted molar refractivity (Wildman–Crippen MR) is 96.9 cm³/mol. The molecule has 0 radical (unpaired) electrons. The first-order valence-electron chi connectivity index (χ1n) is 7.84. The van der Waals surface area contributed by atoms with Gasteiger partial charge in [0.15, 0.2) is 0 Å². The summed E-state index contributed by atoms with van der Waals surface area (Å²) in [6.07, 6.45) is 0. The predicted octanol–water partition coefficient (Wildman–Crippen LogP) is 2.23. The molecule has 0 aliphatic carbocycles. The Morgan fingerprint density at radius 1 is 1.24 bits per heavy atom. The molecule has 0 aliphatic rings. The Balaban J connectivity index is 1.90. The van der Waals surface area contributed by atoms with E-state index in [9.17, 15) is 9.59 Å². The van der Waals surface area contributed by atoms with Crippen LogP contribution >= 0.6 is 0 Å². The van der Waals surface area contributed by atoms with Crippen molar-refractivity contribution in [2.75, 3.05) is 17.2 Å². The van der Waals surface area contributed by atoms with Gasteiger partial charge < -0.3 is 15.7 Å². The summed E-state index contributed by atoms with van der Waals surface area (Å²) >= 11 is 0. The van der Waals surface area contributed by atoms with Gasteiger partial charge in [-0.3, -0.25) is 9.78 Å². The molecule has 0 saturated heterocycles. The van der Waals surface area contributed by atoms with E-state index >= 15 is 0 Å². The van der Waals surface area contributed by atoms with Crippen LogP contribution in [0, 0.1) is 0 Å².